The van der Waals surface area contributed by atoms with Crippen molar-refractivity contribution >= 4 is 28.3 Å². The summed E-state index contributed by atoms with van der Waals surface area (Å²) in [4.78, 5) is 22.1. The Labute approximate surface area is 204 Å². The molecule has 0 aliphatic carbocycles. The summed E-state index contributed by atoms with van der Waals surface area (Å²) in [6, 6.07) is 22.4. The number of hydrogen-bond donors (Lipinski definition) is 2. The van der Waals surface area contributed by atoms with E-state index in [1.165, 1.54) is 0 Å². The second kappa shape index (κ2) is 10.9. The number of aliphatic imine (C=N–C) groups is 1. The van der Waals surface area contributed by atoms with E-state index >= 15 is 0 Å². The maximum Gasteiger partial charge on any atom is 0.338 e. The van der Waals surface area contributed by atoms with Crippen LogP contribution in [-0.4, -0.2) is 60.5 Å². The number of aromatic amines is 1. The number of fused-ring (bicyclic) bond motifs is 1. The van der Waals surface area contributed by atoms with Crippen molar-refractivity contribution in [3.63, 3.8) is 0 Å². The van der Waals surface area contributed by atoms with Gasteiger partial charge in [-0.3, -0.25) is 0 Å². The van der Waals surface area contributed by atoms with Crippen molar-refractivity contribution < 1.29 is 19.4 Å². The number of nitrogens with zero attached hydrogens (tertiary/aromatic N) is 2. The van der Waals surface area contributed by atoms with E-state index in [9.17, 15) is 9.90 Å². The van der Waals surface area contributed by atoms with E-state index in [0.29, 0.717) is 35.6 Å². The lowest BCUT2D eigenvalue weighted by Crippen LogP contribution is -2.19. The van der Waals surface area contributed by atoms with Gasteiger partial charge in [0.05, 0.1) is 29.1 Å². The predicted octanol–water partition coefficient (Wildman–Crippen LogP) is 5.16. The molecular weight excluding hydrogens is 442 g/mol. The number of carbonyl (C=O) groups excluding carboxylic acids is 1. The van der Waals surface area contributed by atoms with E-state index in [1.54, 1.807) is 25.1 Å². The lowest BCUT2D eigenvalue weighted by Gasteiger charge is -2.11. The van der Waals surface area contributed by atoms with Crippen molar-refractivity contribution in [3.8, 4) is 11.6 Å². The van der Waals surface area contributed by atoms with Gasteiger partial charge in [0.15, 0.2) is 5.88 Å². The van der Waals surface area contributed by atoms with E-state index in [1.807, 2.05) is 68.7 Å². The summed E-state index contributed by atoms with van der Waals surface area (Å²) in [6.45, 7) is 3.49. The summed E-state index contributed by atoms with van der Waals surface area (Å²) in [6.07, 6.45) is 0. The molecule has 7 heteroatoms. The van der Waals surface area contributed by atoms with Crippen LogP contribution in [0.15, 0.2) is 77.8 Å². The minimum atomic E-state index is -0.408. The van der Waals surface area contributed by atoms with Gasteiger partial charge < -0.3 is 24.5 Å². The zero-order valence-corrected chi connectivity index (χ0v) is 20.1. The van der Waals surface area contributed by atoms with Gasteiger partial charge in [-0.2, -0.15) is 0 Å². The lowest BCUT2D eigenvalue weighted by atomic mass is 10.00. The molecule has 4 rings (SSSR count). The number of hydrogen-bond acceptors (Lipinski definition) is 6. The molecule has 0 saturated heterocycles. The maximum absolute atomic E-state index is 12.2. The van der Waals surface area contributed by atoms with Crippen LogP contribution in [0, 0.1) is 0 Å². The summed E-state index contributed by atoms with van der Waals surface area (Å²) < 4.78 is 10.9. The van der Waals surface area contributed by atoms with Crippen molar-refractivity contribution in [2.45, 2.75) is 6.92 Å². The van der Waals surface area contributed by atoms with Crippen LogP contribution >= 0.6 is 0 Å². The van der Waals surface area contributed by atoms with Crippen LogP contribution < -0.4 is 4.74 Å². The third-order valence-corrected chi connectivity index (χ3v) is 5.46. The topological polar surface area (TPSA) is 87.2 Å². The van der Waals surface area contributed by atoms with Crippen LogP contribution in [0.2, 0.25) is 0 Å². The average Bonchev–Trinajstić information content (AvgIpc) is 3.18. The number of benzene rings is 3. The molecule has 0 aliphatic rings. The molecule has 180 valence electrons. The van der Waals surface area contributed by atoms with Crippen molar-refractivity contribution in [1.29, 1.82) is 0 Å². The number of carbonyl (C=O) groups is 1. The minimum Gasteiger partial charge on any atom is -0.494 e. The van der Waals surface area contributed by atoms with Crippen LogP contribution in [0.5, 0.6) is 11.6 Å². The molecule has 0 spiro atoms. The molecule has 0 aliphatic heterocycles. The van der Waals surface area contributed by atoms with E-state index in [0.717, 1.165) is 28.9 Å². The Morgan fingerprint density at radius 2 is 1.74 bits per heavy atom. The molecule has 2 N–H and O–H groups in total. The summed E-state index contributed by atoms with van der Waals surface area (Å²) in [5, 5.41) is 11.6. The number of aromatic nitrogens is 1. The number of aromatic hydroxyl groups is 1. The Bertz CT molecular complexity index is 1330. The molecule has 0 radical (unpaired) electrons. The molecule has 0 saturated carbocycles. The fourth-order valence-electron chi connectivity index (χ4n) is 3.72. The van der Waals surface area contributed by atoms with Gasteiger partial charge in [-0.15, -0.1) is 0 Å². The third-order valence-electron chi connectivity index (χ3n) is 5.46. The van der Waals surface area contributed by atoms with Gasteiger partial charge in [0.25, 0.3) is 0 Å². The molecule has 0 amide bonds. The summed E-state index contributed by atoms with van der Waals surface area (Å²) in [5.41, 5.74) is 3.78. The minimum absolute atomic E-state index is 0.0211. The van der Waals surface area contributed by atoms with Crippen LogP contribution in [-0.2, 0) is 4.74 Å². The molecule has 0 fully saturated rings. The number of H-pyrrole nitrogens is 1. The first kappa shape index (κ1) is 24.0. The first-order chi connectivity index (χ1) is 17.0. The van der Waals surface area contributed by atoms with Crippen molar-refractivity contribution in [1.82, 2.24) is 9.88 Å². The van der Waals surface area contributed by atoms with E-state index in [4.69, 9.17) is 14.5 Å². The van der Waals surface area contributed by atoms with Crippen molar-refractivity contribution in [2.24, 2.45) is 4.99 Å². The molecule has 1 heterocycles. The molecule has 0 unspecified atom stereocenters. The molecule has 0 bridgehead atoms. The summed E-state index contributed by atoms with van der Waals surface area (Å²) in [7, 11) is 4.01. The van der Waals surface area contributed by atoms with Gasteiger partial charge in [0, 0.05) is 23.0 Å². The maximum atomic E-state index is 12.2. The van der Waals surface area contributed by atoms with E-state index in [2.05, 4.69) is 9.88 Å². The van der Waals surface area contributed by atoms with Crippen LogP contribution in [0.1, 0.15) is 28.4 Å². The molecule has 4 aromatic rings. The standard InChI is InChI=1S/C28H29N3O4/c1-4-34-28(33)20-10-15-23-24(18-20)30-27(32)25(23)26(19-8-6-5-7-9-19)29-21-11-13-22(14-12-21)35-17-16-31(2)3/h5-15,18,30,32H,4,16-17H2,1-3H3. The Morgan fingerprint density at radius 1 is 1.00 bits per heavy atom. The Kier molecular flexibility index (Phi) is 7.48. The smallest absolute Gasteiger partial charge is 0.338 e. The monoisotopic (exact) mass is 471 g/mol. The molecule has 35 heavy (non-hydrogen) atoms. The Morgan fingerprint density at radius 3 is 2.43 bits per heavy atom. The molecule has 0 atom stereocenters. The van der Waals surface area contributed by atoms with Gasteiger partial charge in [-0.1, -0.05) is 36.4 Å². The number of ether oxygens (including phenoxy) is 2. The van der Waals surface area contributed by atoms with E-state index in [-0.39, 0.29) is 5.88 Å². The van der Waals surface area contributed by atoms with Crippen LogP contribution in [0.3, 0.4) is 0 Å². The fourth-order valence-corrected chi connectivity index (χ4v) is 3.72. The number of likely N-dealkylation sites (N-methyl/N-ethyl adjacent to an activating group) is 1. The zero-order chi connectivity index (χ0) is 24.8. The normalized spacial score (nSPS) is 11.7. The number of esters is 1. The van der Waals surface area contributed by atoms with Crippen LogP contribution in [0.4, 0.5) is 5.69 Å². The zero-order valence-electron chi connectivity index (χ0n) is 20.1. The van der Waals surface area contributed by atoms with E-state index < -0.39 is 5.97 Å². The summed E-state index contributed by atoms with van der Waals surface area (Å²) >= 11 is 0. The second-order valence-electron chi connectivity index (χ2n) is 8.30. The quantitative estimate of drug-likeness (QED) is 0.260. The van der Waals surface area contributed by atoms with Gasteiger partial charge in [0.2, 0.25) is 0 Å². The van der Waals surface area contributed by atoms with Crippen molar-refractivity contribution in [2.75, 3.05) is 33.9 Å². The molecule has 3 aromatic carbocycles. The molecule has 1 aromatic heterocycles. The third kappa shape index (κ3) is 5.70. The van der Waals surface area contributed by atoms with Crippen LogP contribution in [0.25, 0.3) is 10.9 Å². The lowest BCUT2D eigenvalue weighted by molar-refractivity contribution is 0.0526. The first-order valence-electron chi connectivity index (χ1n) is 11.5. The highest BCUT2D eigenvalue weighted by atomic mass is 16.5. The Hall–Kier alpha value is -4.10. The largest absolute Gasteiger partial charge is 0.494 e. The molecule has 7 nitrogen and oxygen atoms in total. The fraction of sp³-hybridized carbons (Fsp3) is 0.214. The average molecular weight is 472 g/mol. The van der Waals surface area contributed by atoms with Gasteiger partial charge >= 0.3 is 5.97 Å². The predicted molar refractivity (Wildman–Crippen MR) is 138 cm³/mol. The summed E-state index contributed by atoms with van der Waals surface area (Å²) in [5.74, 6) is 0.343. The Balaban J connectivity index is 1.73. The van der Waals surface area contributed by atoms with Gasteiger partial charge in [-0.05, 0) is 57.4 Å². The van der Waals surface area contributed by atoms with Gasteiger partial charge in [-0.25, -0.2) is 9.79 Å². The number of rotatable bonds is 9. The highest BCUT2D eigenvalue weighted by molar-refractivity contribution is 6.22. The van der Waals surface area contributed by atoms with Gasteiger partial charge in [0.1, 0.15) is 12.4 Å². The number of nitrogens with one attached hydrogen (secondary N) is 1. The SMILES string of the molecule is CCOC(=O)c1ccc2c(C(=Nc3ccc(OCCN(C)C)cc3)c3ccccc3)c(O)[nH]c2c1. The highest BCUT2D eigenvalue weighted by Gasteiger charge is 2.20. The highest BCUT2D eigenvalue weighted by Crippen LogP contribution is 2.32. The second-order valence-corrected chi connectivity index (χ2v) is 8.30. The van der Waals surface area contributed by atoms with Crippen molar-refractivity contribution in [3.05, 3.63) is 89.5 Å². The molecular formula is C28H29N3O4. The first-order valence-corrected chi connectivity index (χ1v) is 11.5.